The molecule has 2 atom stereocenters. The van der Waals surface area contributed by atoms with Crippen molar-refractivity contribution in [1.29, 1.82) is 0 Å². The summed E-state index contributed by atoms with van der Waals surface area (Å²) < 4.78 is 27.6. The van der Waals surface area contributed by atoms with E-state index in [1.807, 2.05) is 0 Å². The van der Waals surface area contributed by atoms with Gasteiger partial charge in [-0.25, -0.2) is 14.2 Å². The molecule has 5 nitrogen and oxygen atoms in total. The van der Waals surface area contributed by atoms with E-state index in [0.717, 1.165) is 31.0 Å². The van der Waals surface area contributed by atoms with Crippen LogP contribution in [0.15, 0.2) is 23.3 Å². The van der Waals surface area contributed by atoms with Crippen molar-refractivity contribution >= 4 is 45.3 Å². The van der Waals surface area contributed by atoms with Gasteiger partial charge < -0.3 is 10.8 Å². The first-order chi connectivity index (χ1) is 11.8. The van der Waals surface area contributed by atoms with E-state index in [9.17, 15) is 18.7 Å². The van der Waals surface area contributed by atoms with Gasteiger partial charge >= 0.3 is 0 Å². The predicted molar refractivity (Wildman–Crippen MR) is 106 cm³/mol. The maximum atomic E-state index is 14.1. The molecule has 0 aliphatic rings. The number of hydrazone groups is 1. The Morgan fingerprint density at radius 2 is 2.12 bits per heavy atom. The summed E-state index contributed by atoms with van der Waals surface area (Å²) >= 11 is 3.36. The zero-order valence-corrected chi connectivity index (χ0v) is 17.0. The largest absolute Gasteiger partial charge is 0.383 e. The third-order valence-electron chi connectivity index (χ3n) is 3.20. The number of carbonyl (C=O) groups is 1. The van der Waals surface area contributed by atoms with Gasteiger partial charge in [-0.3, -0.25) is 4.79 Å². The Balaban J connectivity index is 3.04. The van der Waals surface area contributed by atoms with Crippen molar-refractivity contribution in [2.45, 2.75) is 36.0 Å². The number of thioether (sulfide) groups is 1. The Morgan fingerprint density at radius 3 is 2.72 bits per heavy atom. The molecule has 0 radical (unpaired) electrons. The number of hydrogen-bond donors (Lipinski definition) is 3. The van der Waals surface area contributed by atoms with Crippen molar-refractivity contribution in [3.05, 3.63) is 35.4 Å². The SMILES string of the molecule is CC(C)[C@H](O)C(=O)N/N=C(\S[C@H](I)CCCN)c1cc(F)ccc1F. The second kappa shape index (κ2) is 11.0. The van der Waals surface area contributed by atoms with Gasteiger partial charge in [-0.2, -0.15) is 5.10 Å². The van der Waals surface area contributed by atoms with Crippen molar-refractivity contribution in [2.75, 3.05) is 6.54 Å². The van der Waals surface area contributed by atoms with E-state index in [-0.39, 0.29) is 19.8 Å². The quantitative estimate of drug-likeness (QED) is 0.174. The number of hydrogen-bond acceptors (Lipinski definition) is 5. The second-order valence-electron chi connectivity index (χ2n) is 5.66. The van der Waals surface area contributed by atoms with E-state index < -0.39 is 23.6 Å². The Labute approximate surface area is 164 Å². The molecule has 0 spiro atoms. The highest BCUT2D eigenvalue weighted by Crippen LogP contribution is 2.28. The van der Waals surface area contributed by atoms with E-state index >= 15 is 0 Å². The van der Waals surface area contributed by atoms with Crippen molar-refractivity contribution in [3.63, 3.8) is 0 Å². The molecular formula is C16H22F2IN3O2S. The highest BCUT2D eigenvalue weighted by molar-refractivity contribution is 14.1. The van der Waals surface area contributed by atoms with Gasteiger partial charge in [-0.15, -0.1) is 0 Å². The molecule has 0 bridgehead atoms. The number of aliphatic hydroxyl groups is 1. The zero-order valence-electron chi connectivity index (χ0n) is 14.0. The molecule has 0 aliphatic heterocycles. The Kier molecular flexibility index (Phi) is 9.83. The van der Waals surface area contributed by atoms with Gasteiger partial charge in [0.05, 0.1) is 3.26 Å². The molecule has 0 aliphatic carbocycles. The number of aliphatic hydroxyl groups excluding tert-OH is 1. The minimum Gasteiger partial charge on any atom is -0.383 e. The normalized spacial score (nSPS) is 14.5. The van der Waals surface area contributed by atoms with Crippen molar-refractivity contribution in [3.8, 4) is 0 Å². The van der Waals surface area contributed by atoms with E-state index in [4.69, 9.17) is 5.73 Å². The molecule has 140 valence electrons. The van der Waals surface area contributed by atoms with Gasteiger partial charge in [0, 0.05) is 5.56 Å². The summed E-state index contributed by atoms with van der Waals surface area (Å²) in [5, 5.41) is 13.8. The number of amides is 1. The molecule has 1 rings (SSSR count). The number of rotatable bonds is 8. The number of nitrogens with one attached hydrogen (secondary N) is 1. The number of nitrogens with zero attached hydrogens (tertiary/aromatic N) is 1. The number of benzene rings is 1. The van der Waals surface area contributed by atoms with Crippen LogP contribution in [0.2, 0.25) is 0 Å². The molecule has 0 saturated heterocycles. The molecule has 9 heteroatoms. The van der Waals surface area contributed by atoms with Crippen molar-refractivity contribution < 1.29 is 18.7 Å². The Morgan fingerprint density at radius 1 is 1.44 bits per heavy atom. The summed E-state index contributed by atoms with van der Waals surface area (Å²) in [4.78, 5) is 11.9. The van der Waals surface area contributed by atoms with Gasteiger partial charge in [0.2, 0.25) is 0 Å². The Hall–Kier alpha value is -0.780. The number of carbonyl (C=O) groups excluding carboxylic acids is 1. The van der Waals surface area contributed by atoms with Crippen LogP contribution in [0.5, 0.6) is 0 Å². The van der Waals surface area contributed by atoms with Crippen LogP contribution in [0.25, 0.3) is 0 Å². The smallest absolute Gasteiger partial charge is 0.269 e. The Bertz CT molecular complexity index is 617. The van der Waals surface area contributed by atoms with Gasteiger partial charge in [0.15, 0.2) is 0 Å². The molecule has 4 N–H and O–H groups in total. The molecule has 0 unspecified atom stereocenters. The average Bonchev–Trinajstić information content (AvgIpc) is 2.57. The van der Waals surface area contributed by atoms with E-state index in [0.29, 0.717) is 6.54 Å². The minimum atomic E-state index is -1.24. The molecule has 0 heterocycles. The standard InChI is InChI=1S/C16H22F2IN3O2S/c1-9(2)14(23)15(24)21-22-16(25-13(19)4-3-7-20)11-8-10(17)5-6-12(11)18/h5-6,8-9,13-14,23H,3-4,7,20H2,1-2H3,(H,21,24)/b22-16-/t13-,14-/m0/s1. The lowest BCUT2D eigenvalue weighted by molar-refractivity contribution is -0.131. The molecular weight excluding hydrogens is 463 g/mol. The van der Waals surface area contributed by atoms with E-state index in [1.165, 1.54) is 11.8 Å². The first kappa shape index (κ1) is 22.3. The van der Waals surface area contributed by atoms with Crippen LogP contribution in [-0.2, 0) is 4.79 Å². The molecule has 0 saturated carbocycles. The van der Waals surface area contributed by atoms with Crippen LogP contribution in [0, 0.1) is 17.6 Å². The zero-order chi connectivity index (χ0) is 19.0. The summed E-state index contributed by atoms with van der Waals surface area (Å²) in [5.74, 6) is -2.24. The highest BCUT2D eigenvalue weighted by Gasteiger charge is 2.20. The molecule has 0 aromatic heterocycles. The lowest BCUT2D eigenvalue weighted by atomic mass is 10.1. The first-order valence-corrected chi connectivity index (χ1v) is 9.90. The van der Waals surface area contributed by atoms with Gasteiger partial charge in [0.25, 0.3) is 5.91 Å². The number of nitrogens with two attached hydrogens (primary N) is 1. The number of halogens is 3. The van der Waals surface area contributed by atoms with Crippen LogP contribution < -0.4 is 11.2 Å². The maximum Gasteiger partial charge on any atom is 0.269 e. The highest BCUT2D eigenvalue weighted by atomic mass is 127. The summed E-state index contributed by atoms with van der Waals surface area (Å²) in [5.41, 5.74) is 7.67. The minimum absolute atomic E-state index is 0.00879. The summed E-state index contributed by atoms with van der Waals surface area (Å²) in [6, 6.07) is 3.05. The lowest BCUT2D eigenvalue weighted by Crippen LogP contribution is -2.35. The fraction of sp³-hybridized carbons (Fsp3) is 0.500. The number of alkyl halides is 1. The van der Waals surface area contributed by atoms with Crippen LogP contribution in [0.3, 0.4) is 0 Å². The average molecular weight is 485 g/mol. The lowest BCUT2D eigenvalue weighted by Gasteiger charge is -2.15. The fourth-order valence-electron chi connectivity index (χ4n) is 1.74. The van der Waals surface area contributed by atoms with Crippen LogP contribution in [-0.4, -0.2) is 32.0 Å². The maximum absolute atomic E-state index is 14.1. The second-order valence-corrected chi connectivity index (χ2v) is 9.21. The van der Waals surface area contributed by atoms with E-state index in [1.54, 1.807) is 13.8 Å². The van der Waals surface area contributed by atoms with Crippen molar-refractivity contribution in [2.24, 2.45) is 16.8 Å². The van der Waals surface area contributed by atoms with Crippen LogP contribution in [0.1, 0.15) is 32.3 Å². The van der Waals surface area contributed by atoms with Crippen LogP contribution in [0.4, 0.5) is 8.78 Å². The molecule has 1 aromatic rings. The van der Waals surface area contributed by atoms with Gasteiger partial charge in [-0.05, 0) is 43.5 Å². The molecule has 0 fully saturated rings. The molecule has 1 amide bonds. The first-order valence-electron chi connectivity index (χ1n) is 7.78. The molecule has 25 heavy (non-hydrogen) atoms. The topological polar surface area (TPSA) is 87.7 Å². The molecule has 1 aromatic carbocycles. The van der Waals surface area contributed by atoms with Crippen molar-refractivity contribution in [1.82, 2.24) is 5.43 Å². The summed E-state index contributed by atoms with van der Waals surface area (Å²) in [6.45, 7) is 3.89. The van der Waals surface area contributed by atoms with Gasteiger partial charge in [0.1, 0.15) is 22.8 Å². The third-order valence-corrected chi connectivity index (χ3v) is 5.61. The summed E-state index contributed by atoms with van der Waals surface area (Å²) in [7, 11) is 0. The van der Waals surface area contributed by atoms with Gasteiger partial charge in [-0.1, -0.05) is 48.2 Å². The van der Waals surface area contributed by atoms with E-state index in [2.05, 4.69) is 33.1 Å². The third kappa shape index (κ3) is 7.55. The van der Waals surface area contributed by atoms with Crippen LogP contribution >= 0.6 is 34.4 Å². The fourth-order valence-corrected chi connectivity index (χ4v) is 3.82. The predicted octanol–water partition coefficient (Wildman–Crippen LogP) is 2.99. The summed E-state index contributed by atoms with van der Waals surface area (Å²) in [6.07, 6.45) is 0.290. The monoisotopic (exact) mass is 485 g/mol.